The van der Waals surface area contributed by atoms with Crippen LogP contribution in [0.15, 0.2) is 54.6 Å². The van der Waals surface area contributed by atoms with Gasteiger partial charge in [0.1, 0.15) is 5.75 Å². The highest BCUT2D eigenvalue weighted by Crippen LogP contribution is 2.29. The van der Waals surface area contributed by atoms with Crippen LogP contribution >= 0.6 is 0 Å². The Morgan fingerprint density at radius 2 is 1.94 bits per heavy atom. The number of benzene rings is 2. The molecule has 2 aliphatic heterocycles. The van der Waals surface area contributed by atoms with Gasteiger partial charge < -0.3 is 15.0 Å². The first-order chi connectivity index (χ1) is 15.3. The number of aromatic nitrogens is 1. The fourth-order valence-electron chi connectivity index (χ4n) is 5.02. The minimum Gasteiger partial charge on any atom is -0.497 e. The van der Waals surface area contributed by atoms with Crippen molar-refractivity contribution in [3.63, 3.8) is 0 Å². The van der Waals surface area contributed by atoms with E-state index in [1.165, 1.54) is 51.0 Å². The van der Waals surface area contributed by atoms with Crippen molar-refractivity contribution in [1.29, 1.82) is 0 Å². The number of para-hydroxylation sites is 1. The van der Waals surface area contributed by atoms with Crippen LogP contribution in [0.3, 0.4) is 0 Å². The van der Waals surface area contributed by atoms with Crippen LogP contribution < -0.4 is 10.1 Å². The number of methoxy groups -OCH3 is 1. The lowest BCUT2D eigenvalue weighted by atomic mass is 10.1. The number of nitrogens with zero attached hydrogens (tertiary/aromatic N) is 3. The van der Waals surface area contributed by atoms with E-state index >= 15 is 0 Å². The Morgan fingerprint density at radius 1 is 1.06 bits per heavy atom. The Bertz CT molecular complexity index is 1020. The summed E-state index contributed by atoms with van der Waals surface area (Å²) >= 11 is 0. The summed E-state index contributed by atoms with van der Waals surface area (Å²) in [7, 11) is 1.69. The van der Waals surface area contributed by atoms with Gasteiger partial charge in [-0.1, -0.05) is 18.2 Å². The molecular weight excluding hydrogens is 384 g/mol. The largest absolute Gasteiger partial charge is 0.497 e. The first kappa shape index (κ1) is 20.3. The molecule has 0 spiro atoms. The van der Waals surface area contributed by atoms with Crippen molar-refractivity contribution in [2.45, 2.75) is 25.3 Å². The maximum Gasteiger partial charge on any atom is 0.118 e. The molecular formula is C26H32N4O. The van der Waals surface area contributed by atoms with Crippen LogP contribution in [0, 0.1) is 0 Å². The lowest BCUT2D eigenvalue weighted by molar-refractivity contribution is 0.104. The summed E-state index contributed by atoms with van der Waals surface area (Å²) in [4.78, 5) is 10.2. The number of pyridine rings is 1. The minimum atomic E-state index is 0.804. The van der Waals surface area contributed by atoms with Gasteiger partial charge in [-0.3, -0.25) is 4.90 Å². The van der Waals surface area contributed by atoms with E-state index in [-0.39, 0.29) is 0 Å². The molecule has 5 nitrogen and oxygen atoms in total. The molecule has 0 radical (unpaired) electrons. The number of ether oxygens (including phenoxy) is 1. The number of hydrogen-bond acceptors (Lipinski definition) is 5. The third kappa shape index (κ3) is 4.53. The van der Waals surface area contributed by atoms with Crippen molar-refractivity contribution in [1.82, 2.24) is 14.8 Å². The molecule has 3 aromatic rings. The Labute approximate surface area is 185 Å². The van der Waals surface area contributed by atoms with Crippen LogP contribution in [0.4, 0.5) is 5.69 Å². The summed E-state index contributed by atoms with van der Waals surface area (Å²) in [6.45, 7) is 7.17. The van der Waals surface area contributed by atoms with Crippen molar-refractivity contribution >= 4 is 16.6 Å². The topological polar surface area (TPSA) is 40.6 Å². The fourth-order valence-corrected chi connectivity index (χ4v) is 5.02. The van der Waals surface area contributed by atoms with Crippen molar-refractivity contribution in [2.75, 3.05) is 51.7 Å². The quantitative estimate of drug-likeness (QED) is 0.575. The van der Waals surface area contributed by atoms with Gasteiger partial charge in [0.25, 0.3) is 0 Å². The molecule has 31 heavy (non-hydrogen) atoms. The van der Waals surface area contributed by atoms with Gasteiger partial charge in [0, 0.05) is 48.9 Å². The lowest BCUT2D eigenvalue weighted by Gasteiger charge is -2.37. The van der Waals surface area contributed by atoms with E-state index < -0.39 is 0 Å². The number of hydrogen-bond donors (Lipinski definition) is 1. The molecule has 2 fully saturated rings. The highest BCUT2D eigenvalue weighted by molar-refractivity contribution is 5.93. The number of anilines is 1. The van der Waals surface area contributed by atoms with E-state index in [2.05, 4.69) is 57.6 Å². The van der Waals surface area contributed by atoms with Gasteiger partial charge >= 0.3 is 0 Å². The molecule has 1 unspecified atom stereocenters. The Hall–Kier alpha value is -2.63. The number of fused-ring (bicyclic) bond motifs is 2. The Morgan fingerprint density at radius 3 is 2.81 bits per heavy atom. The molecule has 0 bridgehead atoms. The SMILES string of the molecule is COc1ccc(-c2cc(NCCCN3CCN4CCCC4C3)c3ccccc3n2)cc1. The molecule has 0 saturated carbocycles. The van der Waals surface area contributed by atoms with E-state index in [0.29, 0.717) is 0 Å². The van der Waals surface area contributed by atoms with Crippen LogP contribution in [0.5, 0.6) is 5.75 Å². The molecule has 5 heteroatoms. The first-order valence-corrected chi connectivity index (χ1v) is 11.5. The van der Waals surface area contributed by atoms with Crippen LogP contribution in [0.2, 0.25) is 0 Å². The number of piperazine rings is 1. The highest BCUT2D eigenvalue weighted by atomic mass is 16.5. The standard InChI is InChI=1S/C26H32N4O/c1-31-22-11-9-20(10-12-22)25-18-26(23-7-2-3-8-24(23)28-25)27-13-5-14-29-16-17-30-15-4-6-21(30)19-29/h2-3,7-12,18,21H,4-6,13-17,19H2,1H3,(H,27,28). The van der Waals surface area contributed by atoms with Gasteiger partial charge in [0.05, 0.1) is 18.3 Å². The summed E-state index contributed by atoms with van der Waals surface area (Å²) in [5.74, 6) is 0.862. The molecule has 162 valence electrons. The fraction of sp³-hybridized carbons (Fsp3) is 0.423. The second-order valence-electron chi connectivity index (χ2n) is 8.71. The van der Waals surface area contributed by atoms with Gasteiger partial charge in [-0.15, -0.1) is 0 Å². The van der Waals surface area contributed by atoms with Crippen LogP contribution in [0.1, 0.15) is 19.3 Å². The zero-order valence-corrected chi connectivity index (χ0v) is 18.4. The zero-order chi connectivity index (χ0) is 21.0. The zero-order valence-electron chi connectivity index (χ0n) is 18.4. The monoisotopic (exact) mass is 416 g/mol. The normalized spacial score (nSPS) is 19.5. The van der Waals surface area contributed by atoms with E-state index in [0.717, 1.165) is 47.2 Å². The molecule has 5 rings (SSSR count). The molecule has 2 aliphatic rings. The van der Waals surface area contributed by atoms with Gasteiger partial charge in [-0.05, 0) is 68.8 Å². The highest BCUT2D eigenvalue weighted by Gasteiger charge is 2.29. The molecule has 1 aromatic heterocycles. The van der Waals surface area contributed by atoms with E-state index in [1.807, 2.05) is 12.1 Å². The minimum absolute atomic E-state index is 0.804. The molecule has 1 N–H and O–H groups in total. The Balaban J connectivity index is 1.26. The molecule has 2 saturated heterocycles. The average molecular weight is 417 g/mol. The third-order valence-electron chi connectivity index (χ3n) is 6.74. The van der Waals surface area contributed by atoms with Crippen molar-refractivity contribution in [3.05, 3.63) is 54.6 Å². The molecule has 2 aromatic carbocycles. The van der Waals surface area contributed by atoms with Crippen molar-refractivity contribution in [2.24, 2.45) is 0 Å². The molecule has 1 atom stereocenters. The summed E-state index contributed by atoms with van der Waals surface area (Å²) in [6, 6.07) is 19.5. The van der Waals surface area contributed by atoms with Crippen LogP contribution in [-0.4, -0.2) is 67.2 Å². The smallest absolute Gasteiger partial charge is 0.118 e. The summed E-state index contributed by atoms with van der Waals surface area (Å²) in [6.07, 6.45) is 3.92. The van der Waals surface area contributed by atoms with Crippen LogP contribution in [-0.2, 0) is 0 Å². The first-order valence-electron chi connectivity index (χ1n) is 11.5. The van der Waals surface area contributed by atoms with E-state index in [9.17, 15) is 0 Å². The summed E-state index contributed by atoms with van der Waals surface area (Å²) < 4.78 is 5.30. The summed E-state index contributed by atoms with van der Waals surface area (Å²) in [5, 5.41) is 4.88. The maximum absolute atomic E-state index is 5.30. The van der Waals surface area contributed by atoms with Gasteiger partial charge in [-0.2, -0.15) is 0 Å². The van der Waals surface area contributed by atoms with Gasteiger partial charge in [-0.25, -0.2) is 4.98 Å². The molecule has 0 amide bonds. The van der Waals surface area contributed by atoms with Crippen molar-refractivity contribution < 1.29 is 4.74 Å². The van der Waals surface area contributed by atoms with Gasteiger partial charge in [0.15, 0.2) is 0 Å². The molecule has 3 heterocycles. The third-order valence-corrected chi connectivity index (χ3v) is 6.74. The number of rotatable bonds is 7. The average Bonchev–Trinajstić information content (AvgIpc) is 3.29. The van der Waals surface area contributed by atoms with Crippen molar-refractivity contribution in [3.8, 4) is 17.0 Å². The van der Waals surface area contributed by atoms with E-state index in [4.69, 9.17) is 9.72 Å². The second kappa shape index (κ2) is 9.25. The lowest BCUT2D eigenvalue weighted by Crippen LogP contribution is -2.50. The van der Waals surface area contributed by atoms with E-state index in [1.54, 1.807) is 7.11 Å². The summed E-state index contributed by atoms with van der Waals surface area (Å²) in [5.41, 5.74) is 4.28. The Kier molecular flexibility index (Phi) is 6.05. The predicted octanol–water partition coefficient (Wildman–Crippen LogP) is 4.49. The molecule has 0 aliphatic carbocycles. The maximum atomic E-state index is 5.30. The van der Waals surface area contributed by atoms with Gasteiger partial charge in [0.2, 0.25) is 0 Å². The van der Waals surface area contributed by atoms with Crippen LogP contribution in [0.25, 0.3) is 22.2 Å². The second-order valence-corrected chi connectivity index (χ2v) is 8.71. The predicted molar refractivity (Wildman–Crippen MR) is 128 cm³/mol. The number of nitrogens with one attached hydrogen (secondary N) is 1.